The molecule has 2 rings (SSSR count). The average molecular weight is 289 g/mol. The van der Waals surface area contributed by atoms with Gasteiger partial charge in [0.05, 0.1) is 11.0 Å². The molecule has 0 aromatic heterocycles. The first-order valence-corrected chi connectivity index (χ1v) is 6.96. The summed E-state index contributed by atoms with van der Waals surface area (Å²) in [5.74, 6) is -0.858. The zero-order valence-corrected chi connectivity index (χ0v) is 10.6. The molecule has 0 bridgehead atoms. The number of nitro groups is 1. The molecule has 9 heteroatoms. The summed E-state index contributed by atoms with van der Waals surface area (Å²) < 4.78 is 38.6. The lowest BCUT2D eigenvalue weighted by Crippen LogP contribution is -2.32. The largest absolute Gasteiger partial charge is 0.326 e. The van der Waals surface area contributed by atoms with Crippen LogP contribution in [0, 0.1) is 15.9 Å². The minimum atomic E-state index is -4.02. The minimum absolute atomic E-state index is 0.108. The fraction of sp³-hybridized carbons (Fsp3) is 0.400. The molecule has 7 nitrogen and oxygen atoms in total. The molecule has 1 heterocycles. The topological polar surface area (TPSA) is 107 Å². The van der Waals surface area contributed by atoms with Crippen LogP contribution in [0.2, 0.25) is 0 Å². The number of rotatable bonds is 3. The highest BCUT2D eigenvalue weighted by atomic mass is 32.2. The molecule has 1 unspecified atom stereocenters. The van der Waals surface area contributed by atoms with Gasteiger partial charge in [-0.3, -0.25) is 10.1 Å². The van der Waals surface area contributed by atoms with Crippen molar-refractivity contribution in [3.63, 3.8) is 0 Å². The third-order valence-corrected chi connectivity index (χ3v) is 4.84. The van der Waals surface area contributed by atoms with E-state index in [1.54, 1.807) is 0 Å². The molecule has 1 fully saturated rings. The predicted octanol–water partition coefficient (Wildman–Crippen LogP) is 0.456. The summed E-state index contributed by atoms with van der Waals surface area (Å²) in [6, 6.07) is 2.11. The molecule has 104 valence electrons. The van der Waals surface area contributed by atoms with Gasteiger partial charge in [0.2, 0.25) is 10.0 Å². The Bertz CT molecular complexity index is 619. The summed E-state index contributed by atoms with van der Waals surface area (Å²) in [5, 5.41) is 10.8. The zero-order chi connectivity index (χ0) is 14.2. The monoisotopic (exact) mass is 289 g/mol. The van der Waals surface area contributed by atoms with E-state index in [1.165, 1.54) is 0 Å². The van der Waals surface area contributed by atoms with E-state index in [9.17, 15) is 22.9 Å². The molecular formula is C10H12FN3O4S. The van der Waals surface area contributed by atoms with E-state index in [0.29, 0.717) is 12.5 Å². The second-order valence-electron chi connectivity index (χ2n) is 4.28. The van der Waals surface area contributed by atoms with Gasteiger partial charge in [-0.1, -0.05) is 0 Å². The Balaban J connectivity index is 2.49. The highest BCUT2D eigenvalue weighted by Crippen LogP contribution is 2.29. The number of sulfonamides is 1. The van der Waals surface area contributed by atoms with Crippen LogP contribution in [-0.4, -0.2) is 36.8 Å². The van der Waals surface area contributed by atoms with Gasteiger partial charge in [-0.15, -0.1) is 0 Å². The number of nitrogens with zero attached hydrogens (tertiary/aromatic N) is 2. The molecule has 0 spiro atoms. The smallest absolute Gasteiger partial charge is 0.292 e. The second-order valence-corrected chi connectivity index (χ2v) is 6.19. The van der Waals surface area contributed by atoms with Crippen LogP contribution in [0.1, 0.15) is 6.42 Å². The van der Waals surface area contributed by atoms with E-state index in [1.807, 2.05) is 0 Å². The van der Waals surface area contributed by atoms with Gasteiger partial charge in [0.25, 0.3) is 5.69 Å². The maximum Gasteiger partial charge on any atom is 0.292 e. The average Bonchev–Trinajstić information content (AvgIpc) is 2.76. The molecular weight excluding hydrogens is 277 g/mol. The van der Waals surface area contributed by atoms with E-state index >= 15 is 0 Å². The lowest BCUT2D eigenvalue weighted by atomic mass is 10.3. The number of halogens is 1. The standard InChI is InChI=1S/C10H12FN3O4S/c11-7-1-2-10(9(5-7)14(15)16)19(17,18)13-4-3-8(12)6-13/h1-2,5,8H,3-4,6,12H2. The Morgan fingerprint density at radius 2 is 2.16 bits per heavy atom. The predicted molar refractivity (Wildman–Crippen MR) is 64.4 cm³/mol. The molecule has 1 atom stereocenters. The molecule has 0 aliphatic carbocycles. The SMILES string of the molecule is NC1CCN(S(=O)(=O)c2ccc(F)cc2[N+](=O)[O-])C1. The lowest BCUT2D eigenvalue weighted by molar-refractivity contribution is -0.388. The van der Waals surface area contributed by atoms with Crippen LogP contribution >= 0.6 is 0 Å². The number of hydrogen-bond donors (Lipinski definition) is 1. The van der Waals surface area contributed by atoms with Gasteiger partial charge in [-0.2, -0.15) is 4.31 Å². The Morgan fingerprint density at radius 1 is 1.47 bits per heavy atom. The highest BCUT2D eigenvalue weighted by Gasteiger charge is 2.35. The fourth-order valence-electron chi connectivity index (χ4n) is 1.96. The number of hydrogen-bond acceptors (Lipinski definition) is 5. The zero-order valence-electron chi connectivity index (χ0n) is 9.82. The summed E-state index contributed by atoms with van der Waals surface area (Å²) in [4.78, 5) is 9.41. The maximum absolute atomic E-state index is 13.0. The summed E-state index contributed by atoms with van der Waals surface area (Å²) in [5.41, 5.74) is 4.86. The van der Waals surface area contributed by atoms with Crippen LogP contribution in [-0.2, 0) is 10.0 Å². The molecule has 19 heavy (non-hydrogen) atoms. The molecule has 1 aromatic rings. The van der Waals surface area contributed by atoms with Gasteiger partial charge in [0.15, 0.2) is 4.90 Å². The maximum atomic E-state index is 13.0. The number of nitro benzene ring substituents is 1. The minimum Gasteiger partial charge on any atom is -0.326 e. The van der Waals surface area contributed by atoms with E-state index in [4.69, 9.17) is 5.73 Å². The van der Waals surface area contributed by atoms with Gasteiger partial charge in [-0.05, 0) is 18.6 Å². The molecule has 2 N–H and O–H groups in total. The lowest BCUT2D eigenvalue weighted by Gasteiger charge is -2.15. The fourth-order valence-corrected chi connectivity index (χ4v) is 3.61. The van der Waals surface area contributed by atoms with Gasteiger partial charge in [-0.25, -0.2) is 12.8 Å². The Kier molecular flexibility index (Phi) is 3.52. The van der Waals surface area contributed by atoms with Crippen LogP contribution in [0.15, 0.2) is 23.1 Å². The van der Waals surface area contributed by atoms with Crippen LogP contribution in [0.5, 0.6) is 0 Å². The highest BCUT2D eigenvalue weighted by molar-refractivity contribution is 7.89. The third-order valence-electron chi connectivity index (χ3n) is 2.92. The summed E-state index contributed by atoms with van der Waals surface area (Å²) in [6.07, 6.45) is 0.494. The van der Waals surface area contributed by atoms with Gasteiger partial charge in [0.1, 0.15) is 5.82 Å². The molecule has 0 saturated carbocycles. The molecule has 0 radical (unpaired) electrons. The van der Waals surface area contributed by atoms with Crippen molar-refractivity contribution in [3.8, 4) is 0 Å². The van der Waals surface area contributed by atoms with Gasteiger partial charge >= 0.3 is 0 Å². The van der Waals surface area contributed by atoms with Crippen molar-refractivity contribution in [3.05, 3.63) is 34.1 Å². The first-order valence-electron chi connectivity index (χ1n) is 5.52. The summed E-state index contributed by atoms with van der Waals surface area (Å²) >= 11 is 0. The van der Waals surface area contributed by atoms with Crippen molar-refractivity contribution >= 4 is 15.7 Å². The normalized spacial score (nSPS) is 20.6. The van der Waals surface area contributed by atoms with Gasteiger partial charge in [0, 0.05) is 19.1 Å². The van der Waals surface area contributed by atoms with Crippen LogP contribution in [0.4, 0.5) is 10.1 Å². The number of benzene rings is 1. The third kappa shape index (κ3) is 2.57. The van der Waals surface area contributed by atoms with Crippen LogP contribution in [0.25, 0.3) is 0 Å². The number of nitrogens with two attached hydrogens (primary N) is 1. The van der Waals surface area contributed by atoms with Gasteiger partial charge < -0.3 is 5.73 Å². The Labute approximate surface area is 109 Å². The first-order chi connectivity index (χ1) is 8.82. The van der Waals surface area contributed by atoms with Crippen LogP contribution in [0.3, 0.4) is 0 Å². The molecule has 1 aliphatic heterocycles. The molecule has 1 aliphatic rings. The Morgan fingerprint density at radius 3 is 2.68 bits per heavy atom. The van der Waals surface area contributed by atoms with E-state index < -0.39 is 31.3 Å². The van der Waals surface area contributed by atoms with E-state index in [2.05, 4.69) is 0 Å². The van der Waals surface area contributed by atoms with Crippen molar-refractivity contribution in [2.75, 3.05) is 13.1 Å². The van der Waals surface area contributed by atoms with E-state index in [0.717, 1.165) is 16.4 Å². The van der Waals surface area contributed by atoms with E-state index in [-0.39, 0.29) is 19.1 Å². The van der Waals surface area contributed by atoms with Crippen LogP contribution < -0.4 is 5.73 Å². The van der Waals surface area contributed by atoms with Crippen molar-refractivity contribution in [2.45, 2.75) is 17.4 Å². The summed E-state index contributed by atoms with van der Waals surface area (Å²) in [6.45, 7) is 0.314. The Hall–Kier alpha value is -1.58. The first kappa shape index (κ1) is 13.8. The molecule has 1 saturated heterocycles. The second kappa shape index (κ2) is 4.83. The van der Waals surface area contributed by atoms with Crippen molar-refractivity contribution in [1.29, 1.82) is 0 Å². The quantitative estimate of drug-likeness (QED) is 0.642. The molecule has 1 aromatic carbocycles. The summed E-state index contributed by atoms with van der Waals surface area (Å²) in [7, 11) is -4.02. The van der Waals surface area contributed by atoms with Crippen molar-refractivity contribution in [1.82, 2.24) is 4.31 Å². The van der Waals surface area contributed by atoms with Crippen molar-refractivity contribution in [2.24, 2.45) is 5.73 Å². The molecule has 0 amide bonds. The van der Waals surface area contributed by atoms with Crippen molar-refractivity contribution < 1.29 is 17.7 Å².